The van der Waals surface area contributed by atoms with Gasteiger partial charge in [-0.2, -0.15) is 0 Å². The van der Waals surface area contributed by atoms with E-state index in [1.807, 2.05) is 13.0 Å². The Morgan fingerprint density at radius 3 is 2.86 bits per heavy atom. The second-order valence-electron chi connectivity index (χ2n) is 4.53. The average Bonchev–Trinajstić information content (AvgIpc) is 3.02. The minimum atomic E-state index is -0.989. The van der Waals surface area contributed by atoms with Gasteiger partial charge in [-0.05, 0) is 25.0 Å². The number of nitrogens with zero attached hydrogens (tertiary/aromatic N) is 3. The summed E-state index contributed by atoms with van der Waals surface area (Å²) in [7, 11) is 0. The molecule has 2 heterocycles. The first-order valence-electron chi connectivity index (χ1n) is 6.48. The third-order valence-corrected chi connectivity index (χ3v) is 4.03. The van der Waals surface area contributed by atoms with Crippen molar-refractivity contribution < 1.29 is 14.7 Å². The molecule has 0 radical (unpaired) electrons. The van der Waals surface area contributed by atoms with Crippen molar-refractivity contribution in [2.45, 2.75) is 33.4 Å². The fourth-order valence-corrected chi connectivity index (χ4v) is 2.91. The van der Waals surface area contributed by atoms with Gasteiger partial charge < -0.3 is 10.4 Å². The number of amides is 1. The van der Waals surface area contributed by atoms with Gasteiger partial charge in [-0.1, -0.05) is 12.1 Å². The smallest absolute Gasteiger partial charge is 0.325 e. The Balaban J connectivity index is 1.94. The third-order valence-electron chi connectivity index (χ3n) is 2.94. The maximum absolute atomic E-state index is 12.0. The van der Waals surface area contributed by atoms with Gasteiger partial charge in [-0.15, -0.1) is 16.4 Å². The van der Waals surface area contributed by atoms with Gasteiger partial charge in [0.2, 0.25) is 0 Å². The van der Waals surface area contributed by atoms with Crippen LogP contribution in [0.2, 0.25) is 0 Å². The molecule has 2 N–H and O–H groups in total. The van der Waals surface area contributed by atoms with Gasteiger partial charge in [0.1, 0.15) is 12.2 Å². The van der Waals surface area contributed by atoms with Gasteiger partial charge in [0.15, 0.2) is 0 Å². The standard InChI is InChI=1S/C13H16N4O3S/c1-3-9-4-11(21-8(9)2)13(20)14-5-10-6-17(16-15-10)7-12(18)19/h4,6H,3,5,7H2,1-2H3,(H,14,20)(H,18,19). The van der Waals surface area contributed by atoms with Crippen LogP contribution in [0, 0.1) is 6.92 Å². The molecule has 0 aliphatic rings. The van der Waals surface area contributed by atoms with Gasteiger partial charge in [-0.3, -0.25) is 9.59 Å². The zero-order valence-corrected chi connectivity index (χ0v) is 12.6. The summed E-state index contributed by atoms with van der Waals surface area (Å²) in [5.41, 5.74) is 1.70. The van der Waals surface area contributed by atoms with Crippen molar-refractivity contribution in [2.75, 3.05) is 0 Å². The molecular weight excluding hydrogens is 292 g/mol. The number of thiophene rings is 1. The molecule has 2 aromatic heterocycles. The number of aliphatic carboxylic acids is 1. The third kappa shape index (κ3) is 3.88. The number of carboxylic acid groups (broad SMARTS) is 1. The van der Waals surface area contributed by atoms with Crippen molar-refractivity contribution >= 4 is 23.2 Å². The van der Waals surface area contributed by atoms with E-state index in [1.165, 1.54) is 27.8 Å². The topological polar surface area (TPSA) is 97.1 Å². The predicted molar refractivity (Wildman–Crippen MR) is 77.3 cm³/mol. The summed E-state index contributed by atoms with van der Waals surface area (Å²) in [6.07, 6.45) is 2.41. The quantitative estimate of drug-likeness (QED) is 0.836. The first-order valence-corrected chi connectivity index (χ1v) is 7.29. The van der Waals surface area contributed by atoms with Gasteiger partial charge >= 0.3 is 5.97 Å². The second kappa shape index (κ2) is 6.49. The molecule has 8 heteroatoms. The van der Waals surface area contributed by atoms with Gasteiger partial charge in [0, 0.05) is 4.88 Å². The average molecular weight is 308 g/mol. The molecule has 0 atom stereocenters. The van der Waals surface area contributed by atoms with Crippen molar-refractivity contribution in [3.05, 3.63) is 33.3 Å². The Hall–Kier alpha value is -2.22. The number of rotatable bonds is 6. The maximum atomic E-state index is 12.0. The molecule has 0 aromatic carbocycles. The molecule has 0 aliphatic carbocycles. The molecule has 0 aliphatic heterocycles. The van der Waals surface area contributed by atoms with E-state index in [9.17, 15) is 9.59 Å². The highest BCUT2D eigenvalue weighted by atomic mass is 32.1. The summed E-state index contributed by atoms with van der Waals surface area (Å²) in [6, 6.07) is 1.90. The van der Waals surface area contributed by atoms with Crippen LogP contribution in [0.25, 0.3) is 0 Å². The van der Waals surface area contributed by atoms with Crippen molar-refractivity contribution in [2.24, 2.45) is 0 Å². The molecular formula is C13H16N4O3S. The first kappa shape index (κ1) is 15.2. The number of nitrogens with one attached hydrogen (secondary N) is 1. The SMILES string of the molecule is CCc1cc(C(=O)NCc2cn(CC(=O)O)nn2)sc1C. The van der Waals surface area contributed by atoms with Crippen molar-refractivity contribution in [3.63, 3.8) is 0 Å². The number of hydrogen-bond acceptors (Lipinski definition) is 5. The summed E-state index contributed by atoms with van der Waals surface area (Å²) >= 11 is 1.46. The number of aromatic nitrogens is 3. The Labute approximate surface area is 125 Å². The Kier molecular flexibility index (Phi) is 4.69. The molecule has 0 saturated carbocycles. The fourth-order valence-electron chi connectivity index (χ4n) is 1.88. The van der Waals surface area contributed by atoms with Gasteiger partial charge in [0.05, 0.1) is 17.6 Å². The highest BCUT2D eigenvalue weighted by Crippen LogP contribution is 2.21. The van der Waals surface area contributed by atoms with E-state index in [2.05, 4.69) is 22.6 Å². The van der Waals surface area contributed by atoms with Crippen LogP contribution < -0.4 is 5.32 Å². The van der Waals surface area contributed by atoms with Crippen LogP contribution in [0.1, 0.15) is 32.7 Å². The van der Waals surface area contributed by atoms with E-state index in [-0.39, 0.29) is 19.0 Å². The van der Waals surface area contributed by atoms with Crippen LogP contribution in [0.15, 0.2) is 12.3 Å². The molecule has 0 saturated heterocycles. The molecule has 2 aromatic rings. The van der Waals surface area contributed by atoms with E-state index in [1.54, 1.807) is 0 Å². The molecule has 0 fully saturated rings. The van der Waals surface area contributed by atoms with Crippen LogP contribution in [0.5, 0.6) is 0 Å². The van der Waals surface area contributed by atoms with Gasteiger partial charge in [0.25, 0.3) is 5.91 Å². The van der Waals surface area contributed by atoms with Crippen LogP contribution in [-0.4, -0.2) is 32.0 Å². The van der Waals surface area contributed by atoms with E-state index in [0.29, 0.717) is 10.6 Å². The summed E-state index contributed by atoms with van der Waals surface area (Å²) in [4.78, 5) is 24.4. The second-order valence-corrected chi connectivity index (χ2v) is 5.79. The van der Waals surface area contributed by atoms with E-state index in [0.717, 1.165) is 11.3 Å². The normalized spacial score (nSPS) is 10.6. The minimum absolute atomic E-state index is 0.157. The summed E-state index contributed by atoms with van der Waals surface area (Å²) in [5.74, 6) is -1.15. The van der Waals surface area contributed by atoms with Crippen LogP contribution >= 0.6 is 11.3 Å². The lowest BCUT2D eigenvalue weighted by Crippen LogP contribution is -2.22. The number of carboxylic acids is 1. The van der Waals surface area contributed by atoms with Crippen LogP contribution in [-0.2, 0) is 24.3 Å². The molecule has 0 spiro atoms. The molecule has 0 bridgehead atoms. The summed E-state index contributed by atoms with van der Waals surface area (Å²) < 4.78 is 1.22. The van der Waals surface area contributed by atoms with Crippen LogP contribution in [0.3, 0.4) is 0 Å². The molecule has 7 nitrogen and oxygen atoms in total. The Morgan fingerprint density at radius 1 is 1.48 bits per heavy atom. The van der Waals surface area contributed by atoms with Crippen molar-refractivity contribution in [3.8, 4) is 0 Å². The number of carbonyl (C=O) groups excluding carboxylic acids is 1. The molecule has 2 rings (SSSR count). The summed E-state index contributed by atoms with van der Waals surface area (Å²) in [5, 5.41) is 18.9. The summed E-state index contributed by atoms with van der Waals surface area (Å²) in [6.45, 7) is 4.02. The molecule has 21 heavy (non-hydrogen) atoms. The number of carbonyl (C=O) groups is 2. The lowest BCUT2D eigenvalue weighted by molar-refractivity contribution is -0.137. The van der Waals surface area contributed by atoms with Crippen molar-refractivity contribution in [1.29, 1.82) is 0 Å². The monoisotopic (exact) mass is 308 g/mol. The van der Waals surface area contributed by atoms with E-state index in [4.69, 9.17) is 5.11 Å². The first-order chi connectivity index (χ1) is 9.99. The number of hydrogen-bond donors (Lipinski definition) is 2. The zero-order chi connectivity index (χ0) is 15.4. The van der Waals surface area contributed by atoms with Crippen LogP contribution in [0.4, 0.5) is 0 Å². The predicted octanol–water partition coefficient (Wildman–Crippen LogP) is 1.23. The fraction of sp³-hybridized carbons (Fsp3) is 0.385. The molecule has 1 amide bonds. The largest absolute Gasteiger partial charge is 0.480 e. The lowest BCUT2D eigenvalue weighted by Gasteiger charge is -1.99. The minimum Gasteiger partial charge on any atom is -0.480 e. The Morgan fingerprint density at radius 2 is 2.24 bits per heavy atom. The van der Waals surface area contributed by atoms with Crippen molar-refractivity contribution in [1.82, 2.24) is 20.3 Å². The zero-order valence-electron chi connectivity index (χ0n) is 11.8. The van der Waals surface area contributed by atoms with E-state index >= 15 is 0 Å². The molecule has 0 unspecified atom stereocenters. The highest BCUT2D eigenvalue weighted by Gasteiger charge is 2.12. The molecule has 112 valence electrons. The lowest BCUT2D eigenvalue weighted by atomic mass is 10.2. The highest BCUT2D eigenvalue weighted by molar-refractivity contribution is 7.14. The van der Waals surface area contributed by atoms with Gasteiger partial charge in [-0.25, -0.2) is 4.68 Å². The number of aryl methyl sites for hydroxylation is 2. The Bertz CT molecular complexity index is 662. The maximum Gasteiger partial charge on any atom is 0.325 e. The van der Waals surface area contributed by atoms with E-state index < -0.39 is 5.97 Å².